The minimum atomic E-state index is -0.711. The van der Waals surface area contributed by atoms with Crippen molar-refractivity contribution in [2.24, 2.45) is 0 Å². The molecule has 146 valence electrons. The lowest BCUT2D eigenvalue weighted by molar-refractivity contribution is 0.262. The van der Waals surface area contributed by atoms with Gasteiger partial charge < -0.3 is 29.3 Å². The summed E-state index contributed by atoms with van der Waals surface area (Å²) in [6.45, 7) is 0. The largest absolute Gasteiger partial charge is 0.494 e. The number of carbonyl (C=O) groups excluding carboxylic acids is 1. The molecule has 0 aliphatic rings. The van der Waals surface area contributed by atoms with Crippen LogP contribution in [-0.2, 0) is 0 Å². The molecule has 0 aliphatic heterocycles. The second-order valence-electron chi connectivity index (χ2n) is 5.42. The first-order valence-electron chi connectivity index (χ1n) is 8.09. The number of hydrogen-bond acceptors (Lipinski definition) is 7. The number of methoxy groups -OCH3 is 3. The second kappa shape index (κ2) is 8.16. The van der Waals surface area contributed by atoms with E-state index in [1.54, 1.807) is 42.5 Å². The normalized spacial score (nSPS) is 10.2. The first-order valence-corrected chi connectivity index (χ1v) is 8.09. The lowest BCUT2D eigenvalue weighted by Crippen LogP contribution is -2.20. The number of ether oxygens (including phenoxy) is 3. The zero-order valence-electron chi connectivity index (χ0n) is 15.4. The smallest absolute Gasteiger partial charge is 0.444 e. The first kappa shape index (κ1) is 18.8. The minimum Gasteiger partial charge on any atom is -0.494 e. The van der Waals surface area contributed by atoms with Crippen molar-refractivity contribution < 1.29 is 23.4 Å². The highest BCUT2D eigenvalue weighted by Crippen LogP contribution is 2.34. The van der Waals surface area contributed by atoms with Gasteiger partial charge in [-0.05, 0) is 30.3 Å². The van der Waals surface area contributed by atoms with E-state index >= 15 is 0 Å². The van der Waals surface area contributed by atoms with E-state index in [0.717, 1.165) is 4.68 Å². The van der Waals surface area contributed by atoms with E-state index in [9.17, 15) is 9.59 Å². The van der Waals surface area contributed by atoms with Crippen LogP contribution in [0.25, 0.3) is 5.69 Å². The summed E-state index contributed by atoms with van der Waals surface area (Å²) in [5.41, 5.74) is 1.21. The first-order chi connectivity index (χ1) is 13.5. The van der Waals surface area contributed by atoms with Crippen LogP contribution < -0.4 is 30.6 Å². The van der Waals surface area contributed by atoms with Crippen LogP contribution in [0.1, 0.15) is 0 Å². The lowest BCUT2D eigenvalue weighted by Gasteiger charge is -2.14. The molecule has 0 atom stereocenters. The lowest BCUT2D eigenvalue weighted by atomic mass is 10.2. The van der Waals surface area contributed by atoms with Gasteiger partial charge in [0.1, 0.15) is 17.2 Å². The molecule has 0 radical (unpaired) electrons. The number of nitrogens with one attached hydrogen (secondary N) is 2. The average Bonchev–Trinajstić information content (AvgIpc) is 3.09. The van der Waals surface area contributed by atoms with Crippen molar-refractivity contribution in [2.45, 2.75) is 0 Å². The summed E-state index contributed by atoms with van der Waals surface area (Å²) in [7, 11) is 4.32. The van der Waals surface area contributed by atoms with E-state index in [-0.39, 0.29) is 6.08 Å². The third-order valence-corrected chi connectivity index (χ3v) is 3.72. The van der Waals surface area contributed by atoms with Gasteiger partial charge in [-0.25, -0.2) is 9.59 Å². The van der Waals surface area contributed by atoms with Gasteiger partial charge in [0, 0.05) is 5.69 Å². The van der Waals surface area contributed by atoms with E-state index in [1.165, 1.54) is 21.3 Å². The fourth-order valence-corrected chi connectivity index (χ4v) is 2.47. The number of urea groups is 1. The van der Waals surface area contributed by atoms with Crippen molar-refractivity contribution in [3.8, 4) is 23.3 Å². The Labute approximate surface area is 159 Å². The van der Waals surface area contributed by atoms with Crippen LogP contribution in [0.2, 0.25) is 0 Å². The Morgan fingerprint density at radius 3 is 2.29 bits per heavy atom. The average molecular weight is 386 g/mol. The Hall–Kier alpha value is -3.95. The van der Waals surface area contributed by atoms with E-state index < -0.39 is 11.8 Å². The molecule has 0 saturated carbocycles. The zero-order chi connectivity index (χ0) is 20.1. The Morgan fingerprint density at radius 1 is 1.00 bits per heavy atom. The van der Waals surface area contributed by atoms with Gasteiger partial charge in [0.05, 0.1) is 27.0 Å². The van der Waals surface area contributed by atoms with Crippen LogP contribution >= 0.6 is 0 Å². The standard InChI is InChI=1S/C18H18N4O6/c1-25-13-8-5-9-14(26-2)15(13)20-16(23)19-11-6-4-7-12(10-11)22-18(24)28-17(21-22)27-3/h4-10H,1-3H3,(H2,19,20,23). The van der Waals surface area contributed by atoms with Crippen LogP contribution in [0.4, 0.5) is 16.2 Å². The molecule has 0 bridgehead atoms. The molecule has 3 aromatic rings. The third-order valence-electron chi connectivity index (χ3n) is 3.72. The summed E-state index contributed by atoms with van der Waals surface area (Å²) in [6, 6.07) is 11.1. The van der Waals surface area contributed by atoms with E-state index in [4.69, 9.17) is 18.6 Å². The van der Waals surface area contributed by atoms with Crippen molar-refractivity contribution in [1.82, 2.24) is 9.78 Å². The van der Waals surface area contributed by atoms with Gasteiger partial charge in [0.15, 0.2) is 0 Å². The topological polar surface area (TPSA) is 117 Å². The molecule has 10 nitrogen and oxygen atoms in total. The highest BCUT2D eigenvalue weighted by Gasteiger charge is 2.14. The molecule has 0 spiro atoms. The molecule has 2 N–H and O–H groups in total. The van der Waals surface area contributed by atoms with Crippen molar-refractivity contribution in [2.75, 3.05) is 32.0 Å². The predicted octanol–water partition coefficient (Wildman–Crippen LogP) is 2.50. The maximum Gasteiger partial charge on any atom is 0.444 e. The summed E-state index contributed by atoms with van der Waals surface area (Å²) in [5.74, 6) is 0.186. The molecular formula is C18H18N4O6. The Morgan fingerprint density at radius 2 is 1.68 bits per heavy atom. The summed E-state index contributed by atoms with van der Waals surface area (Å²) < 4.78 is 21.1. The van der Waals surface area contributed by atoms with Crippen LogP contribution in [0.15, 0.2) is 51.7 Å². The van der Waals surface area contributed by atoms with E-state index in [0.29, 0.717) is 28.6 Å². The molecule has 0 aliphatic carbocycles. The molecule has 0 fully saturated rings. The molecule has 0 saturated heterocycles. The van der Waals surface area contributed by atoms with Gasteiger partial charge in [0.25, 0.3) is 0 Å². The Bertz CT molecular complexity index is 1020. The number of aromatic nitrogens is 2. The number of hydrogen-bond donors (Lipinski definition) is 2. The van der Waals surface area contributed by atoms with Gasteiger partial charge in [-0.1, -0.05) is 17.2 Å². The van der Waals surface area contributed by atoms with E-state index in [2.05, 4.69) is 15.7 Å². The number of anilines is 2. The molecule has 2 amide bonds. The van der Waals surface area contributed by atoms with E-state index in [1.807, 2.05) is 0 Å². The summed E-state index contributed by atoms with van der Waals surface area (Å²) in [5, 5.41) is 9.25. The van der Waals surface area contributed by atoms with Crippen LogP contribution in [-0.4, -0.2) is 37.1 Å². The van der Waals surface area contributed by atoms with Gasteiger partial charge in [0.2, 0.25) is 0 Å². The summed E-state index contributed by atoms with van der Waals surface area (Å²) >= 11 is 0. The number of benzene rings is 2. The number of nitrogens with zero attached hydrogens (tertiary/aromatic N) is 2. The quantitative estimate of drug-likeness (QED) is 0.668. The molecule has 1 aromatic heterocycles. The van der Waals surface area contributed by atoms with Crippen molar-refractivity contribution in [3.05, 3.63) is 53.0 Å². The Balaban J connectivity index is 1.80. The number of para-hydroxylation sites is 1. The summed E-state index contributed by atoms with van der Waals surface area (Å²) in [6.07, 6.45) is -0.163. The molecule has 1 heterocycles. The minimum absolute atomic E-state index is 0.163. The monoisotopic (exact) mass is 386 g/mol. The third kappa shape index (κ3) is 3.90. The predicted molar refractivity (Wildman–Crippen MR) is 101 cm³/mol. The van der Waals surface area contributed by atoms with Crippen molar-refractivity contribution in [1.29, 1.82) is 0 Å². The molecule has 28 heavy (non-hydrogen) atoms. The number of carbonyl (C=O) groups is 1. The highest BCUT2D eigenvalue weighted by atomic mass is 16.6. The molecule has 0 unspecified atom stereocenters. The SMILES string of the molecule is COc1nn(-c2cccc(NC(=O)Nc3c(OC)cccc3OC)c2)c(=O)o1. The highest BCUT2D eigenvalue weighted by molar-refractivity contribution is 6.01. The molecule has 10 heteroatoms. The maximum atomic E-state index is 12.4. The van der Waals surface area contributed by atoms with Crippen LogP contribution in [0.3, 0.4) is 0 Å². The van der Waals surface area contributed by atoms with Gasteiger partial charge in [-0.2, -0.15) is 4.68 Å². The number of rotatable bonds is 6. The molecule has 3 rings (SSSR count). The molecular weight excluding hydrogens is 368 g/mol. The van der Waals surface area contributed by atoms with Crippen LogP contribution in [0, 0.1) is 0 Å². The molecule has 2 aromatic carbocycles. The Kier molecular flexibility index (Phi) is 5.49. The van der Waals surface area contributed by atoms with Crippen molar-refractivity contribution in [3.63, 3.8) is 0 Å². The fourth-order valence-electron chi connectivity index (χ4n) is 2.47. The van der Waals surface area contributed by atoms with Gasteiger partial charge >= 0.3 is 17.9 Å². The van der Waals surface area contributed by atoms with Crippen LogP contribution in [0.5, 0.6) is 17.6 Å². The number of amides is 2. The van der Waals surface area contributed by atoms with Crippen molar-refractivity contribution >= 4 is 17.4 Å². The van der Waals surface area contributed by atoms with Gasteiger partial charge in [-0.15, -0.1) is 0 Å². The summed E-state index contributed by atoms with van der Waals surface area (Å²) in [4.78, 5) is 24.3. The zero-order valence-corrected chi connectivity index (χ0v) is 15.4. The van der Waals surface area contributed by atoms with Gasteiger partial charge in [-0.3, -0.25) is 0 Å². The maximum absolute atomic E-state index is 12.4. The second-order valence-corrected chi connectivity index (χ2v) is 5.42. The fraction of sp³-hybridized carbons (Fsp3) is 0.167.